The molecule has 1 aromatic heterocycles. The second kappa shape index (κ2) is 4.92. The van der Waals surface area contributed by atoms with Crippen LogP contribution >= 0.6 is 11.3 Å². The van der Waals surface area contributed by atoms with Crippen LogP contribution in [0.3, 0.4) is 0 Å². The van der Waals surface area contributed by atoms with Crippen molar-refractivity contribution in [1.29, 1.82) is 0 Å². The number of thiazole rings is 1. The number of hydrogen-bond acceptors (Lipinski definition) is 5. The fourth-order valence-electron chi connectivity index (χ4n) is 2.66. The summed E-state index contributed by atoms with van der Waals surface area (Å²) >= 11 is 1.91. The maximum atomic E-state index is 5.59. The first-order chi connectivity index (χ1) is 8.36. The largest absolute Gasteiger partial charge is 0.346 e. The van der Waals surface area contributed by atoms with E-state index >= 15 is 0 Å². The molecular formula is C12H20N4S. The molecule has 0 spiro atoms. The van der Waals surface area contributed by atoms with E-state index in [4.69, 9.17) is 10.7 Å². The van der Waals surface area contributed by atoms with Gasteiger partial charge in [-0.1, -0.05) is 0 Å². The maximum absolute atomic E-state index is 5.59. The number of aromatic nitrogens is 1. The minimum Gasteiger partial charge on any atom is -0.346 e. The molecular weight excluding hydrogens is 232 g/mol. The molecule has 3 rings (SSSR count). The quantitative estimate of drug-likeness (QED) is 0.861. The highest BCUT2D eigenvalue weighted by atomic mass is 32.1. The maximum Gasteiger partial charge on any atom is 0.185 e. The third-order valence-corrected chi connectivity index (χ3v) is 4.89. The van der Waals surface area contributed by atoms with Crippen LogP contribution in [0.4, 0.5) is 5.13 Å². The van der Waals surface area contributed by atoms with Crippen molar-refractivity contribution < 1.29 is 0 Å². The Bertz CT molecular complexity index is 360. The summed E-state index contributed by atoms with van der Waals surface area (Å²) in [6.45, 7) is 6.26. The molecule has 0 radical (unpaired) electrons. The van der Waals surface area contributed by atoms with Gasteiger partial charge < -0.3 is 10.6 Å². The summed E-state index contributed by atoms with van der Waals surface area (Å²) in [5.74, 6) is 0. The monoisotopic (exact) mass is 252 g/mol. The van der Waals surface area contributed by atoms with Crippen LogP contribution < -0.4 is 10.6 Å². The lowest BCUT2D eigenvalue weighted by Crippen LogP contribution is -2.47. The number of hydrogen-bond donors (Lipinski definition) is 1. The van der Waals surface area contributed by atoms with Gasteiger partial charge in [-0.05, 0) is 19.3 Å². The van der Waals surface area contributed by atoms with Crippen molar-refractivity contribution in [2.75, 3.05) is 44.2 Å². The summed E-state index contributed by atoms with van der Waals surface area (Å²) in [7, 11) is 0. The van der Waals surface area contributed by atoms with Crippen molar-refractivity contribution in [3.05, 3.63) is 10.6 Å². The highest BCUT2D eigenvalue weighted by Crippen LogP contribution is 2.32. The van der Waals surface area contributed by atoms with Gasteiger partial charge >= 0.3 is 0 Å². The molecule has 4 nitrogen and oxygen atoms in total. The Morgan fingerprint density at radius 3 is 2.71 bits per heavy atom. The molecule has 1 aliphatic heterocycles. The lowest BCUT2D eigenvalue weighted by molar-refractivity contribution is 0.265. The standard InChI is InChI=1S/C12H20N4S/c13-4-5-15-6-8-16(9-7-15)12-14-10-2-1-3-11(10)17-12/h1-9,13H2. The summed E-state index contributed by atoms with van der Waals surface area (Å²) in [6, 6.07) is 0. The van der Waals surface area contributed by atoms with E-state index in [9.17, 15) is 0 Å². The third kappa shape index (κ3) is 2.32. The number of nitrogens with two attached hydrogens (primary N) is 1. The number of aryl methyl sites for hydroxylation is 2. The summed E-state index contributed by atoms with van der Waals surface area (Å²) in [6.07, 6.45) is 3.75. The zero-order valence-electron chi connectivity index (χ0n) is 10.2. The summed E-state index contributed by atoms with van der Waals surface area (Å²) in [4.78, 5) is 11.2. The van der Waals surface area contributed by atoms with Crippen molar-refractivity contribution in [1.82, 2.24) is 9.88 Å². The topological polar surface area (TPSA) is 45.4 Å². The predicted octanol–water partition coefficient (Wildman–Crippen LogP) is 0.712. The summed E-state index contributed by atoms with van der Waals surface area (Å²) in [5, 5.41) is 1.25. The lowest BCUT2D eigenvalue weighted by atomic mass is 10.3. The molecule has 94 valence electrons. The normalized spacial score (nSPS) is 20.9. The smallest absolute Gasteiger partial charge is 0.185 e. The Hall–Kier alpha value is -0.650. The molecule has 1 aromatic rings. The van der Waals surface area contributed by atoms with Gasteiger partial charge in [0.2, 0.25) is 0 Å². The van der Waals surface area contributed by atoms with Gasteiger partial charge in [0, 0.05) is 44.1 Å². The van der Waals surface area contributed by atoms with E-state index in [-0.39, 0.29) is 0 Å². The molecule has 5 heteroatoms. The third-order valence-electron chi connectivity index (χ3n) is 3.67. The Kier molecular flexibility index (Phi) is 3.31. The fraction of sp³-hybridized carbons (Fsp3) is 0.750. The molecule has 0 amide bonds. The summed E-state index contributed by atoms with van der Waals surface area (Å²) < 4.78 is 0. The second-order valence-electron chi connectivity index (χ2n) is 4.84. The highest BCUT2D eigenvalue weighted by Gasteiger charge is 2.22. The molecule has 1 aliphatic carbocycles. The number of anilines is 1. The average Bonchev–Trinajstić information content (AvgIpc) is 2.90. The van der Waals surface area contributed by atoms with Gasteiger partial charge in [0.1, 0.15) is 0 Å². The number of rotatable bonds is 3. The van der Waals surface area contributed by atoms with Crippen LogP contribution in [0.2, 0.25) is 0 Å². The van der Waals surface area contributed by atoms with Crippen molar-refractivity contribution in [2.24, 2.45) is 5.73 Å². The van der Waals surface area contributed by atoms with Gasteiger partial charge in [0.15, 0.2) is 5.13 Å². The van der Waals surface area contributed by atoms with Crippen LogP contribution in [0, 0.1) is 0 Å². The van der Waals surface area contributed by atoms with Crippen molar-refractivity contribution in [3.8, 4) is 0 Å². The van der Waals surface area contributed by atoms with Gasteiger partial charge in [-0.15, -0.1) is 11.3 Å². The van der Waals surface area contributed by atoms with Crippen molar-refractivity contribution >= 4 is 16.5 Å². The zero-order valence-corrected chi connectivity index (χ0v) is 11.0. The van der Waals surface area contributed by atoms with E-state index in [1.807, 2.05) is 11.3 Å². The SMILES string of the molecule is NCCN1CCN(c2nc3c(s2)CCC3)CC1. The number of fused-ring (bicyclic) bond motifs is 1. The number of nitrogens with zero attached hydrogens (tertiary/aromatic N) is 3. The molecule has 0 atom stereocenters. The molecule has 17 heavy (non-hydrogen) atoms. The van der Waals surface area contributed by atoms with Crippen LogP contribution in [-0.4, -0.2) is 49.2 Å². The van der Waals surface area contributed by atoms with E-state index in [0.29, 0.717) is 0 Å². The van der Waals surface area contributed by atoms with Gasteiger partial charge in [0.05, 0.1) is 5.69 Å². The van der Waals surface area contributed by atoms with E-state index < -0.39 is 0 Å². The first-order valence-electron chi connectivity index (χ1n) is 6.53. The Labute approximate surface area is 106 Å². The van der Waals surface area contributed by atoms with E-state index in [0.717, 1.165) is 39.3 Å². The van der Waals surface area contributed by atoms with Crippen LogP contribution in [-0.2, 0) is 12.8 Å². The molecule has 0 aromatic carbocycles. The average molecular weight is 252 g/mol. The molecule has 0 unspecified atom stereocenters. The van der Waals surface area contributed by atoms with Crippen LogP contribution in [0.25, 0.3) is 0 Å². The van der Waals surface area contributed by atoms with Gasteiger partial charge in [-0.3, -0.25) is 4.90 Å². The lowest BCUT2D eigenvalue weighted by Gasteiger charge is -2.34. The van der Waals surface area contributed by atoms with E-state index in [2.05, 4.69) is 9.80 Å². The van der Waals surface area contributed by atoms with Crippen molar-refractivity contribution in [3.63, 3.8) is 0 Å². The van der Waals surface area contributed by atoms with Gasteiger partial charge in [0.25, 0.3) is 0 Å². The second-order valence-corrected chi connectivity index (χ2v) is 5.90. The first-order valence-corrected chi connectivity index (χ1v) is 7.34. The minimum atomic E-state index is 0.769. The molecule has 2 aliphatic rings. The Morgan fingerprint density at radius 2 is 2.00 bits per heavy atom. The summed E-state index contributed by atoms with van der Waals surface area (Å²) in [5.41, 5.74) is 6.96. The first kappa shape index (κ1) is 11.4. The van der Waals surface area contributed by atoms with Crippen molar-refractivity contribution in [2.45, 2.75) is 19.3 Å². The number of piperazine rings is 1. The fourth-order valence-corrected chi connectivity index (χ4v) is 3.86. The van der Waals surface area contributed by atoms with Gasteiger partial charge in [-0.2, -0.15) is 0 Å². The molecule has 2 N–H and O–H groups in total. The molecule has 1 saturated heterocycles. The van der Waals surface area contributed by atoms with Gasteiger partial charge in [-0.25, -0.2) is 4.98 Å². The zero-order chi connectivity index (χ0) is 11.7. The highest BCUT2D eigenvalue weighted by molar-refractivity contribution is 7.15. The molecule has 1 fully saturated rings. The molecule has 0 saturated carbocycles. The Morgan fingerprint density at radius 1 is 1.18 bits per heavy atom. The van der Waals surface area contributed by atoms with Crippen LogP contribution in [0.15, 0.2) is 0 Å². The van der Waals surface area contributed by atoms with Crippen LogP contribution in [0.5, 0.6) is 0 Å². The van der Waals surface area contributed by atoms with E-state index in [1.165, 1.54) is 35.0 Å². The minimum absolute atomic E-state index is 0.769. The predicted molar refractivity (Wildman–Crippen MR) is 71.8 cm³/mol. The molecule has 2 heterocycles. The Balaban J connectivity index is 1.62. The van der Waals surface area contributed by atoms with E-state index in [1.54, 1.807) is 0 Å². The van der Waals surface area contributed by atoms with Crippen LogP contribution in [0.1, 0.15) is 17.0 Å². The molecule has 0 bridgehead atoms.